The fourth-order valence-corrected chi connectivity index (χ4v) is 5.47. The fraction of sp³-hybridized carbons (Fsp3) is 0.303. The Kier molecular flexibility index (Phi) is 7.76. The van der Waals surface area contributed by atoms with Gasteiger partial charge in [0.2, 0.25) is 5.91 Å². The summed E-state index contributed by atoms with van der Waals surface area (Å²) in [5, 5.41) is 25.4. The number of carbonyl (C=O) groups is 3. The first-order valence-electron chi connectivity index (χ1n) is 14.9. The third-order valence-electron chi connectivity index (χ3n) is 7.66. The normalized spacial score (nSPS) is 14.8. The van der Waals surface area contributed by atoms with E-state index in [4.69, 9.17) is 9.72 Å². The Hall–Kier alpha value is -5.97. The van der Waals surface area contributed by atoms with Crippen LogP contribution in [0.25, 0.3) is 22.7 Å². The molecular weight excluding hydrogens is 600 g/mol. The number of aryl methyl sites for hydroxylation is 2. The van der Waals surface area contributed by atoms with Gasteiger partial charge in [0.05, 0.1) is 28.2 Å². The van der Waals surface area contributed by atoms with Gasteiger partial charge in [-0.2, -0.15) is 15.5 Å². The van der Waals surface area contributed by atoms with E-state index in [-0.39, 0.29) is 29.7 Å². The number of imide groups is 1. The molecule has 5 heterocycles. The zero-order chi connectivity index (χ0) is 33.6. The lowest BCUT2D eigenvalue weighted by atomic mass is 9.95. The Morgan fingerprint density at radius 2 is 1.87 bits per heavy atom. The van der Waals surface area contributed by atoms with Crippen LogP contribution in [-0.4, -0.2) is 69.3 Å². The average molecular weight is 633 g/mol. The number of ketones is 1. The first kappa shape index (κ1) is 31.0. The molecule has 1 N–H and O–H groups in total. The molecule has 5 aromatic rings. The van der Waals surface area contributed by atoms with Crippen LogP contribution in [-0.2, 0) is 9.53 Å². The number of rotatable bonds is 6. The number of aromatic nitrogens is 7. The lowest BCUT2D eigenvalue weighted by Gasteiger charge is -2.23. The molecule has 1 unspecified atom stereocenters. The number of nitriles is 1. The Morgan fingerprint density at radius 3 is 2.53 bits per heavy atom. The highest BCUT2D eigenvalue weighted by Crippen LogP contribution is 2.38. The Bertz CT molecular complexity index is 2100. The maximum Gasteiger partial charge on any atom is 0.417 e. The molecule has 0 aliphatic carbocycles. The van der Waals surface area contributed by atoms with Crippen molar-refractivity contribution in [2.45, 2.75) is 59.5 Å². The highest BCUT2D eigenvalue weighted by Gasteiger charge is 2.40. The standard InChI is InChI=1S/C33H32N10O4/c1-18-7-9-28(39-38-18)36-25-15-26-27(14-24(25)23-11-12-41(31(23)45)32(46)47-33(4,5)6)42(17-35-26)29-10-8-22(20(3)44)30(37-29)43-19(2)13-21(16-34)40-43/h7-10,13-15,17,23H,11-12H2,1-6H3,(H,36,39). The molecule has 6 rings (SSSR count). The molecule has 0 saturated carbocycles. The maximum absolute atomic E-state index is 13.7. The summed E-state index contributed by atoms with van der Waals surface area (Å²) in [6.07, 6.45) is 1.29. The minimum absolute atomic E-state index is 0.196. The van der Waals surface area contributed by atoms with Crippen LogP contribution in [0.5, 0.6) is 0 Å². The van der Waals surface area contributed by atoms with Gasteiger partial charge < -0.3 is 10.1 Å². The third-order valence-corrected chi connectivity index (χ3v) is 7.66. The molecule has 1 atom stereocenters. The number of hydrogen-bond acceptors (Lipinski definition) is 11. The monoisotopic (exact) mass is 632 g/mol. The molecule has 4 aromatic heterocycles. The van der Waals surface area contributed by atoms with Gasteiger partial charge in [-0.1, -0.05) is 0 Å². The van der Waals surface area contributed by atoms with Crippen molar-refractivity contribution < 1.29 is 19.1 Å². The second-order valence-electron chi connectivity index (χ2n) is 12.3. The number of carbonyl (C=O) groups excluding carboxylic acids is 3. The van der Waals surface area contributed by atoms with E-state index in [1.807, 2.05) is 31.2 Å². The summed E-state index contributed by atoms with van der Waals surface area (Å²) in [6, 6.07) is 14.3. The van der Waals surface area contributed by atoms with Crippen LogP contribution in [0, 0.1) is 25.2 Å². The molecule has 1 aliphatic heterocycles. The minimum Gasteiger partial charge on any atom is -0.443 e. The Morgan fingerprint density at radius 1 is 1.09 bits per heavy atom. The number of nitrogens with zero attached hydrogens (tertiary/aromatic N) is 9. The number of Topliss-reactive ketones (excluding diaryl/α,β-unsaturated/α-hetero) is 1. The number of imidazole rings is 1. The van der Waals surface area contributed by atoms with Crippen LogP contribution in [0.4, 0.5) is 16.3 Å². The van der Waals surface area contributed by atoms with Gasteiger partial charge in [0.15, 0.2) is 23.1 Å². The van der Waals surface area contributed by atoms with E-state index in [0.717, 1.165) is 10.6 Å². The highest BCUT2D eigenvalue weighted by atomic mass is 16.6. The molecular formula is C33H32N10O4. The predicted molar refractivity (Wildman–Crippen MR) is 171 cm³/mol. The van der Waals surface area contributed by atoms with Gasteiger partial charge >= 0.3 is 6.09 Å². The van der Waals surface area contributed by atoms with Crippen LogP contribution in [0.2, 0.25) is 0 Å². The number of hydrogen-bond donors (Lipinski definition) is 1. The van der Waals surface area contributed by atoms with Crippen molar-refractivity contribution >= 4 is 40.3 Å². The van der Waals surface area contributed by atoms with Crippen molar-refractivity contribution in [2.24, 2.45) is 0 Å². The van der Waals surface area contributed by atoms with Gasteiger partial charge in [0.25, 0.3) is 0 Å². The number of fused-ring (bicyclic) bond motifs is 1. The van der Waals surface area contributed by atoms with Gasteiger partial charge in [0, 0.05) is 17.9 Å². The molecule has 1 aliphatic rings. The van der Waals surface area contributed by atoms with E-state index < -0.39 is 17.6 Å². The van der Waals surface area contributed by atoms with Crippen molar-refractivity contribution in [3.05, 3.63) is 77.0 Å². The Labute approximate surface area is 270 Å². The Balaban J connectivity index is 1.47. The first-order valence-corrected chi connectivity index (χ1v) is 14.9. The van der Waals surface area contributed by atoms with Gasteiger partial charge in [0.1, 0.15) is 23.8 Å². The van der Waals surface area contributed by atoms with Crippen molar-refractivity contribution in [3.8, 4) is 17.7 Å². The van der Waals surface area contributed by atoms with Crippen LogP contribution in [0.3, 0.4) is 0 Å². The topological polar surface area (TPSA) is 174 Å². The molecule has 0 spiro atoms. The number of anilines is 2. The molecule has 238 valence electrons. The largest absolute Gasteiger partial charge is 0.443 e. The summed E-state index contributed by atoms with van der Waals surface area (Å²) in [5.74, 6) is -0.0827. The number of amides is 2. The fourth-order valence-electron chi connectivity index (χ4n) is 5.47. The molecule has 1 saturated heterocycles. The molecule has 1 fully saturated rings. The van der Waals surface area contributed by atoms with Gasteiger partial charge in [-0.25, -0.2) is 24.3 Å². The van der Waals surface area contributed by atoms with E-state index in [9.17, 15) is 19.6 Å². The predicted octanol–water partition coefficient (Wildman–Crippen LogP) is 5.08. The number of pyridine rings is 1. The smallest absolute Gasteiger partial charge is 0.417 e. The van der Waals surface area contributed by atoms with Crippen molar-refractivity contribution in [2.75, 3.05) is 11.9 Å². The molecule has 47 heavy (non-hydrogen) atoms. The number of likely N-dealkylation sites (tertiary alicyclic amines) is 1. The molecule has 14 heteroatoms. The molecule has 0 bridgehead atoms. The zero-order valence-corrected chi connectivity index (χ0v) is 26.8. The zero-order valence-electron chi connectivity index (χ0n) is 26.8. The first-order chi connectivity index (χ1) is 22.3. The van der Waals surface area contributed by atoms with Crippen LogP contribution < -0.4 is 5.32 Å². The summed E-state index contributed by atoms with van der Waals surface area (Å²) in [4.78, 5) is 49.8. The molecule has 0 radical (unpaired) electrons. The van der Waals surface area contributed by atoms with Crippen LogP contribution in [0.15, 0.2) is 48.8 Å². The number of ether oxygens (including phenoxy) is 1. The van der Waals surface area contributed by atoms with Crippen molar-refractivity contribution in [3.63, 3.8) is 0 Å². The quantitative estimate of drug-likeness (QED) is 0.247. The number of nitrogens with one attached hydrogen (secondary N) is 1. The lowest BCUT2D eigenvalue weighted by Crippen LogP contribution is -2.38. The lowest BCUT2D eigenvalue weighted by molar-refractivity contribution is -0.128. The van der Waals surface area contributed by atoms with Crippen LogP contribution >= 0.6 is 0 Å². The van der Waals surface area contributed by atoms with E-state index in [2.05, 4.69) is 25.6 Å². The van der Waals surface area contributed by atoms with E-state index in [0.29, 0.717) is 51.6 Å². The third kappa shape index (κ3) is 6.02. The van der Waals surface area contributed by atoms with Gasteiger partial charge in [-0.3, -0.25) is 14.2 Å². The number of benzene rings is 1. The molecule has 2 amide bonds. The maximum atomic E-state index is 13.7. The van der Waals surface area contributed by atoms with Crippen LogP contribution in [0.1, 0.15) is 73.0 Å². The van der Waals surface area contributed by atoms with E-state index in [1.54, 1.807) is 62.9 Å². The summed E-state index contributed by atoms with van der Waals surface area (Å²) in [6.45, 7) is 10.5. The summed E-state index contributed by atoms with van der Waals surface area (Å²) < 4.78 is 8.72. The second kappa shape index (κ2) is 11.8. The van der Waals surface area contributed by atoms with Gasteiger partial charge in [-0.15, -0.1) is 5.10 Å². The average Bonchev–Trinajstić information content (AvgIpc) is 3.72. The molecule has 14 nitrogen and oxygen atoms in total. The molecule has 1 aromatic carbocycles. The highest BCUT2D eigenvalue weighted by molar-refractivity contribution is 6.00. The summed E-state index contributed by atoms with van der Waals surface area (Å²) >= 11 is 0. The summed E-state index contributed by atoms with van der Waals surface area (Å²) in [5.41, 5.74) is 3.59. The van der Waals surface area contributed by atoms with Crippen molar-refractivity contribution in [1.29, 1.82) is 5.26 Å². The van der Waals surface area contributed by atoms with Gasteiger partial charge in [-0.05, 0) is 96.0 Å². The SMILES string of the molecule is CC(=O)c1ccc(-n2cnc3cc(Nc4ccc(C)nn4)c(C4CCN(C(=O)OC(C)(C)C)C4=O)cc32)nc1-n1nc(C#N)cc1C. The van der Waals surface area contributed by atoms with E-state index >= 15 is 0 Å². The minimum atomic E-state index is -0.758. The van der Waals surface area contributed by atoms with E-state index in [1.165, 1.54) is 11.6 Å². The second-order valence-corrected chi connectivity index (χ2v) is 12.3. The summed E-state index contributed by atoms with van der Waals surface area (Å²) in [7, 11) is 0. The van der Waals surface area contributed by atoms with Crippen molar-refractivity contribution in [1.82, 2.24) is 39.4 Å².